The van der Waals surface area contributed by atoms with Crippen LogP contribution >= 0.6 is 23.4 Å². The van der Waals surface area contributed by atoms with E-state index in [2.05, 4.69) is 30.1 Å². The Bertz CT molecular complexity index is 943. The van der Waals surface area contributed by atoms with Gasteiger partial charge in [0, 0.05) is 33.9 Å². The van der Waals surface area contributed by atoms with Crippen LogP contribution < -0.4 is 0 Å². The summed E-state index contributed by atoms with van der Waals surface area (Å²) < 4.78 is 0. The minimum absolute atomic E-state index is 0.106. The van der Waals surface area contributed by atoms with Crippen LogP contribution in [0.25, 0.3) is 10.9 Å². The van der Waals surface area contributed by atoms with Crippen molar-refractivity contribution in [2.45, 2.75) is 36.0 Å². The molecule has 0 bridgehead atoms. The highest BCUT2D eigenvalue weighted by atomic mass is 35.5. The second kappa shape index (κ2) is 7.37. The summed E-state index contributed by atoms with van der Waals surface area (Å²) in [4.78, 5) is 20.6. The minimum atomic E-state index is 0.106. The summed E-state index contributed by atoms with van der Waals surface area (Å²) in [5.74, 6) is 0.106. The predicted molar refractivity (Wildman–Crippen MR) is 108 cm³/mol. The van der Waals surface area contributed by atoms with Gasteiger partial charge in [-0.25, -0.2) is 0 Å². The van der Waals surface area contributed by atoms with E-state index in [9.17, 15) is 4.79 Å². The number of hydrogen-bond donors (Lipinski definition) is 1. The molecule has 26 heavy (non-hydrogen) atoms. The van der Waals surface area contributed by atoms with E-state index in [0.717, 1.165) is 46.6 Å². The number of nitrogens with zero attached hydrogens (tertiary/aromatic N) is 1. The van der Waals surface area contributed by atoms with E-state index >= 15 is 0 Å². The van der Waals surface area contributed by atoms with Crippen molar-refractivity contribution >= 4 is 40.2 Å². The number of benzene rings is 2. The lowest BCUT2D eigenvalue weighted by Crippen LogP contribution is -2.36. The highest BCUT2D eigenvalue weighted by Crippen LogP contribution is 2.38. The highest BCUT2D eigenvalue weighted by Gasteiger charge is 2.24. The number of piperidine rings is 1. The van der Waals surface area contributed by atoms with E-state index in [1.807, 2.05) is 29.2 Å². The zero-order valence-corrected chi connectivity index (χ0v) is 16.3. The van der Waals surface area contributed by atoms with Crippen molar-refractivity contribution in [3.8, 4) is 0 Å². The molecule has 0 radical (unpaired) electrons. The number of carbonyl (C=O) groups excluding carboxylic acids is 1. The molecule has 0 aliphatic carbocycles. The van der Waals surface area contributed by atoms with Gasteiger partial charge >= 0.3 is 0 Å². The van der Waals surface area contributed by atoms with E-state index in [1.54, 1.807) is 11.8 Å². The molecule has 134 valence electrons. The van der Waals surface area contributed by atoms with Gasteiger partial charge in [0.05, 0.1) is 4.90 Å². The van der Waals surface area contributed by atoms with E-state index in [0.29, 0.717) is 10.7 Å². The first kappa shape index (κ1) is 17.5. The van der Waals surface area contributed by atoms with Gasteiger partial charge in [-0.2, -0.15) is 0 Å². The monoisotopic (exact) mass is 384 g/mol. The van der Waals surface area contributed by atoms with Gasteiger partial charge in [0.2, 0.25) is 0 Å². The molecule has 1 saturated heterocycles. The summed E-state index contributed by atoms with van der Waals surface area (Å²) in [7, 11) is 0. The van der Waals surface area contributed by atoms with Gasteiger partial charge in [-0.3, -0.25) is 4.79 Å². The number of rotatable bonds is 3. The number of aromatic nitrogens is 1. The number of H-pyrrole nitrogens is 1. The first-order valence-corrected chi connectivity index (χ1v) is 10.2. The maximum absolute atomic E-state index is 13.2. The highest BCUT2D eigenvalue weighted by molar-refractivity contribution is 7.99. The third-order valence-corrected chi connectivity index (χ3v) is 6.19. The Hall–Kier alpha value is -1.91. The number of halogens is 1. The van der Waals surface area contributed by atoms with Crippen molar-refractivity contribution in [3.05, 3.63) is 58.7 Å². The number of likely N-dealkylation sites (tertiary alicyclic amines) is 1. The van der Waals surface area contributed by atoms with Crippen LogP contribution in [0, 0.1) is 6.92 Å². The molecule has 2 aromatic carbocycles. The fraction of sp³-hybridized carbons (Fsp3) is 0.286. The molecule has 1 N–H and O–H groups in total. The second-order valence-electron chi connectivity index (χ2n) is 6.79. The van der Waals surface area contributed by atoms with Crippen molar-refractivity contribution in [1.82, 2.24) is 9.88 Å². The molecule has 0 saturated carbocycles. The van der Waals surface area contributed by atoms with Crippen molar-refractivity contribution < 1.29 is 4.79 Å². The Kier molecular flexibility index (Phi) is 4.96. The number of nitrogens with one attached hydrogen (secondary N) is 1. The number of aryl methyl sites for hydroxylation is 1. The number of fused-ring (bicyclic) bond motifs is 1. The molecular formula is C21H21ClN2OS. The SMILES string of the molecule is Cc1ccc2c(Sc3ccc(Cl)cc3)c(C(=O)N3CCCCC3)[nH]c2c1. The number of hydrogen-bond acceptors (Lipinski definition) is 2. The quantitative estimate of drug-likeness (QED) is 0.609. The fourth-order valence-corrected chi connectivity index (χ4v) is 4.58. The molecule has 1 fully saturated rings. The summed E-state index contributed by atoms with van der Waals surface area (Å²) in [5, 5.41) is 1.81. The molecule has 1 aromatic heterocycles. The lowest BCUT2D eigenvalue weighted by atomic mass is 10.1. The average Bonchev–Trinajstić information content (AvgIpc) is 3.01. The van der Waals surface area contributed by atoms with Gasteiger partial charge < -0.3 is 9.88 Å². The lowest BCUT2D eigenvalue weighted by Gasteiger charge is -2.26. The van der Waals surface area contributed by atoms with Crippen LogP contribution in [-0.2, 0) is 0 Å². The first-order chi connectivity index (χ1) is 12.6. The third-order valence-electron chi connectivity index (χ3n) is 4.80. The minimum Gasteiger partial charge on any atom is -0.350 e. The molecular weight excluding hydrogens is 364 g/mol. The van der Waals surface area contributed by atoms with Gasteiger partial charge in [0.25, 0.3) is 5.91 Å². The smallest absolute Gasteiger partial charge is 0.271 e. The van der Waals surface area contributed by atoms with Gasteiger partial charge in [-0.1, -0.05) is 35.5 Å². The molecule has 5 heteroatoms. The van der Waals surface area contributed by atoms with E-state index in [4.69, 9.17) is 11.6 Å². The fourth-order valence-electron chi connectivity index (χ4n) is 3.42. The molecule has 2 heterocycles. The Morgan fingerprint density at radius 2 is 1.81 bits per heavy atom. The van der Waals surface area contributed by atoms with Gasteiger partial charge in [-0.15, -0.1) is 0 Å². The molecule has 3 nitrogen and oxygen atoms in total. The van der Waals surface area contributed by atoms with Crippen molar-refractivity contribution in [3.63, 3.8) is 0 Å². The molecule has 0 spiro atoms. The van der Waals surface area contributed by atoms with E-state index < -0.39 is 0 Å². The molecule has 3 aromatic rings. The summed E-state index contributed by atoms with van der Waals surface area (Å²) in [6, 6.07) is 14.1. The molecule has 1 aliphatic rings. The maximum Gasteiger partial charge on any atom is 0.271 e. The number of aromatic amines is 1. The van der Waals surface area contributed by atoms with Crippen molar-refractivity contribution in [2.24, 2.45) is 0 Å². The van der Waals surface area contributed by atoms with Crippen molar-refractivity contribution in [2.75, 3.05) is 13.1 Å². The first-order valence-electron chi connectivity index (χ1n) is 8.97. The largest absolute Gasteiger partial charge is 0.350 e. The number of carbonyl (C=O) groups is 1. The van der Waals surface area contributed by atoms with Gasteiger partial charge in [0.15, 0.2) is 0 Å². The summed E-state index contributed by atoms with van der Waals surface area (Å²) in [6.45, 7) is 3.76. The topological polar surface area (TPSA) is 36.1 Å². The van der Waals surface area contributed by atoms with Crippen LogP contribution in [0.4, 0.5) is 0 Å². The molecule has 1 amide bonds. The predicted octanol–water partition coefficient (Wildman–Crippen LogP) is 5.91. The normalized spacial score (nSPS) is 14.8. The van der Waals surface area contributed by atoms with Gasteiger partial charge in [0.1, 0.15) is 5.69 Å². The standard InChI is InChI=1S/C21H21ClN2OS/c1-14-5-10-17-18(13-14)23-19(21(25)24-11-3-2-4-12-24)20(17)26-16-8-6-15(22)7-9-16/h5-10,13,23H,2-4,11-12H2,1H3. The molecule has 4 rings (SSSR count). The Morgan fingerprint density at radius 1 is 1.08 bits per heavy atom. The van der Waals surface area contributed by atoms with Crippen LogP contribution in [-0.4, -0.2) is 28.9 Å². The third kappa shape index (κ3) is 3.49. The van der Waals surface area contributed by atoms with E-state index in [1.165, 1.54) is 12.0 Å². The van der Waals surface area contributed by atoms with Crippen LogP contribution in [0.3, 0.4) is 0 Å². The zero-order chi connectivity index (χ0) is 18.1. The summed E-state index contributed by atoms with van der Waals surface area (Å²) in [6.07, 6.45) is 3.39. The lowest BCUT2D eigenvalue weighted by molar-refractivity contribution is 0.0716. The molecule has 0 unspecified atom stereocenters. The van der Waals surface area contributed by atoms with Crippen LogP contribution in [0.1, 0.15) is 35.3 Å². The molecule has 1 aliphatic heterocycles. The van der Waals surface area contributed by atoms with E-state index in [-0.39, 0.29) is 5.91 Å². The maximum atomic E-state index is 13.2. The van der Waals surface area contributed by atoms with Crippen LogP contribution in [0.15, 0.2) is 52.3 Å². The average molecular weight is 385 g/mol. The van der Waals surface area contributed by atoms with Gasteiger partial charge in [-0.05, 0) is 62.1 Å². The Balaban J connectivity index is 1.77. The summed E-state index contributed by atoms with van der Waals surface area (Å²) >= 11 is 7.63. The van der Waals surface area contributed by atoms with Crippen LogP contribution in [0.2, 0.25) is 5.02 Å². The van der Waals surface area contributed by atoms with Crippen molar-refractivity contribution in [1.29, 1.82) is 0 Å². The molecule has 0 atom stereocenters. The Labute approximate surface area is 162 Å². The zero-order valence-electron chi connectivity index (χ0n) is 14.7. The van der Waals surface area contributed by atoms with Crippen LogP contribution in [0.5, 0.6) is 0 Å². The summed E-state index contributed by atoms with van der Waals surface area (Å²) in [5.41, 5.74) is 2.90. The number of amides is 1. The Morgan fingerprint density at radius 3 is 2.54 bits per heavy atom. The second-order valence-corrected chi connectivity index (χ2v) is 8.31.